The highest BCUT2D eigenvalue weighted by Gasteiger charge is 2.27. The van der Waals surface area contributed by atoms with Crippen molar-refractivity contribution in [3.05, 3.63) is 12.4 Å². The van der Waals surface area contributed by atoms with E-state index < -0.39 is 16.0 Å². The standard InChI is InChI=1S/C12H19N3O5S/c1-14(8-10-3-2-6-20-10)21(18,19)11-7-13-15(9-11)5-4-12(16)17/h7,9-10H,2-6,8H2,1H3,(H,16,17). The monoisotopic (exact) mass is 317 g/mol. The number of aryl methyl sites for hydroxylation is 1. The van der Waals surface area contributed by atoms with Crippen molar-refractivity contribution < 1.29 is 23.1 Å². The number of hydrogen-bond acceptors (Lipinski definition) is 5. The highest BCUT2D eigenvalue weighted by Crippen LogP contribution is 2.18. The Morgan fingerprint density at radius 3 is 3.00 bits per heavy atom. The highest BCUT2D eigenvalue weighted by molar-refractivity contribution is 7.89. The number of carboxylic acid groups (broad SMARTS) is 1. The van der Waals surface area contributed by atoms with Crippen molar-refractivity contribution in [1.29, 1.82) is 0 Å². The largest absolute Gasteiger partial charge is 0.481 e. The molecule has 0 bridgehead atoms. The highest BCUT2D eigenvalue weighted by atomic mass is 32.2. The van der Waals surface area contributed by atoms with E-state index in [2.05, 4.69) is 5.10 Å². The minimum absolute atomic E-state index is 0.0631. The number of carboxylic acids is 1. The fourth-order valence-electron chi connectivity index (χ4n) is 2.16. The number of nitrogens with zero attached hydrogens (tertiary/aromatic N) is 3. The number of hydrogen-bond donors (Lipinski definition) is 1. The van der Waals surface area contributed by atoms with Gasteiger partial charge in [-0.2, -0.15) is 9.40 Å². The van der Waals surface area contributed by atoms with Gasteiger partial charge in [0.25, 0.3) is 0 Å². The summed E-state index contributed by atoms with van der Waals surface area (Å²) in [6, 6.07) is 0. The zero-order chi connectivity index (χ0) is 15.5. The number of sulfonamides is 1. The maximum absolute atomic E-state index is 12.4. The molecule has 0 spiro atoms. The van der Waals surface area contributed by atoms with Gasteiger partial charge in [-0.3, -0.25) is 9.48 Å². The third-order valence-corrected chi connectivity index (χ3v) is 5.13. The third-order valence-electron chi connectivity index (χ3n) is 3.36. The van der Waals surface area contributed by atoms with Crippen molar-refractivity contribution in [2.24, 2.45) is 0 Å². The lowest BCUT2D eigenvalue weighted by molar-refractivity contribution is -0.137. The molecule has 1 N–H and O–H groups in total. The first kappa shape index (κ1) is 15.9. The van der Waals surface area contributed by atoms with Crippen molar-refractivity contribution >= 4 is 16.0 Å². The maximum atomic E-state index is 12.4. The first-order chi connectivity index (χ1) is 9.89. The van der Waals surface area contributed by atoms with Crippen LogP contribution < -0.4 is 0 Å². The molecule has 1 aromatic rings. The number of aromatic nitrogens is 2. The molecule has 118 valence electrons. The van der Waals surface area contributed by atoms with Crippen molar-refractivity contribution in [3.63, 3.8) is 0 Å². The molecule has 1 aliphatic heterocycles. The molecular formula is C12H19N3O5S. The van der Waals surface area contributed by atoms with Crippen LogP contribution in [0.15, 0.2) is 17.3 Å². The van der Waals surface area contributed by atoms with E-state index in [1.807, 2.05) is 0 Å². The molecule has 9 heteroatoms. The second kappa shape index (κ2) is 6.54. The van der Waals surface area contributed by atoms with Gasteiger partial charge in [0.1, 0.15) is 4.90 Å². The lowest BCUT2D eigenvalue weighted by Crippen LogP contribution is -2.33. The number of aliphatic carboxylic acids is 1. The molecule has 0 saturated carbocycles. The summed E-state index contributed by atoms with van der Waals surface area (Å²) >= 11 is 0. The summed E-state index contributed by atoms with van der Waals surface area (Å²) in [7, 11) is -2.12. The van der Waals surface area contributed by atoms with Crippen LogP contribution in [0.1, 0.15) is 19.3 Å². The normalized spacial score (nSPS) is 19.2. The second-order valence-electron chi connectivity index (χ2n) is 5.00. The fourth-order valence-corrected chi connectivity index (χ4v) is 3.32. The summed E-state index contributed by atoms with van der Waals surface area (Å²) in [4.78, 5) is 10.6. The summed E-state index contributed by atoms with van der Waals surface area (Å²) in [6.07, 6.45) is 4.23. The smallest absolute Gasteiger partial charge is 0.305 e. The first-order valence-electron chi connectivity index (χ1n) is 6.72. The van der Waals surface area contributed by atoms with E-state index in [-0.39, 0.29) is 24.0 Å². The molecule has 1 atom stereocenters. The third kappa shape index (κ3) is 4.02. The molecule has 0 aliphatic carbocycles. The number of likely N-dealkylation sites (N-methyl/N-ethyl adjacent to an activating group) is 1. The zero-order valence-electron chi connectivity index (χ0n) is 11.8. The van der Waals surface area contributed by atoms with Crippen molar-refractivity contribution in [2.75, 3.05) is 20.2 Å². The van der Waals surface area contributed by atoms with Gasteiger partial charge in [-0.25, -0.2) is 8.42 Å². The van der Waals surface area contributed by atoms with Gasteiger partial charge in [0.15, 0.2) is 0 Å². The lowest BCUT2D eigenvalue weighted by Gasteiger charge is -2.19. The molecule has 1 aromatic heterocycles. The van der Waals surface area contributed by atoms with Gasteiger partial charge in [-0.1, -0.05) is 0 Å². The molecular weight excluding hydrogens is 298 g/mol. The van der Waals surface area contributed by atoms with Crippen LogP contribution in [0, 0.1) is 0 Å². The molecule has 2 rings (SSSR count). The van der Waals surface area contributed by atoms with Gasteiger partial charge in [0, 0.05) is 26.4 Å². The molecule has 0 amide bonds. The van der Waals surface area contributed by atoms with Crippen LogP contribution in [0.4, 0.5) is 0 Å². The van der Waals surface area contributed by atoms with Crippen molar-refractivity contribution in [2.45, 2.75) is 36.8 Å². The zero-order valence-corrected chi connectivity index (χ0v) is 12.6. The van der Waals surface area contributed by atoms with Gasteiger partial charge in [0.2, 0.25) is 10.0 Å². The van der Waals surface area contributed by atoms with Crippen LogP contribution in [0.25, 0.3) is 0 Å². The van der Waals surface area contributed by atoms with Gasteiger partial charge in [0.05, 0.1) is 25.3 Å². The van der Waals surface area contributed by atoms with E-state index in [0.717, 1.165) is 12.8 Å². The fraction of sp³-hybridized carbons (Fsp3) is 0.667. The van der Waals surface area contributed by atoms with Crippen LogP contribution >= 0.6 is 0 Å². The molecule has 1 aliphatic rings. The SMILES string of the molecule is CN(CC1CCCO1)S(=O)(=O)c1cnn(CCC(=O)O)c1. The average Bonchev–Trinajstić information content (AvgIpc) is 3.07. The van der Waals surface area contributed by atoms with E-state index >= 15 is 0 Å². The molecule has 0 radical (unpaired) electrons. The van der Waals surface area contributed by atoms with E-state index in [4.69, 9.17) is 9.84 Å². The van der Waals surface area contributed by atoms with Gasteiger partial charge < -0.3 is 9.84 Å². The van der Waals surface area contributed by atoms with E-state index in [1.165, 1.54) is 28.4 Å². The molecule has 1 fully saturated rings. The number of carbonyl (C=O) groups is 1. The Balaban J connectivity index is 2.02. The second-order valence-corrected chi connectivity index (χ2v) is 7.05. The van der Waals surface area contributed by atoms with Gasteiger partial charge in [-0.15, -0.1) is 0 Å². The Bertz CT molecular complexity index is 592. The first-order valence-corrected chi connectivity index (χ1v) is 8.16. The van der Waals surface area contributed by atoms with Crippen LogP contribution in [-0.2, 0) is 26.1 Å². The summed E-state index contributed by atoms with van der Waals surface area (Å²) in [5, 5.41) is 12.5. The van der Waals surface area contributed by atoms with E-state index in [0.29, 0.717) is 13.2 Å². The Labute approximate surface area is 123 Å². The number of rotatable bonds is 7. The Kier molecular flexibility index (Phi) is 4.96. The quantitative estimate of drug-likeness (QED) is 0.768. The van der Waals surface area contributed by atoms with Crippen molar-refractivity contribution in [3.8, 4) is 0 Å². The average molecular weight is 317 g/mol. The summed E-state index contributed by atoms with van der Waals surface area (Å²) in [6.45, 7) is 1.12. The Morgan fingerprint density at radius 1 is 1.62 bits per heavy atom. The van der Waals surface area contributed by atoms with Crippen LogP contribution in [0.2, 0.25) is 0 Å². The Hall–Kier alpha value is -1.45. The molecule has 1 saturated heterocycles. The predicted octanol–water partition coefficient (Wildman–Crippen LogP) is 0.157. The van der Waals surface area contributed by atoms with Gasteiger partial charge in [-0.05, 0) is 12.8 Å². The maximum Gasteiger partial charge on any atom is 0.305 e. The molecule has 0 aromatic carbocycles. The van der Waals surface area contributed by atoms with Crippen LogP contribution in [0.5, 0.6) is 0 Å². The predicted molar refractivity (Wildman–Crippen MR) is 73.3 cm³/mol. The Morgan fingerprint density at radius 2 is 2.38 bits per heavy atom. The lowest BCUT2D eigenvalue weighted by atomic mass is 10.2. The summed E-state index contributed by atoms with van der Waals surface area (Å²) < 4.78 is 32.7. The summed E-state index contributed by atoms with van der Waals surface area (Å²) in [5.41, 5.74) is 0. The minimum Gasteiger partial charge on any atom is -0.481 e. The van der Waals surface area contributed by atoms with Crippen molar-refractivity contribution in [1.82, 2.24) is 14.1 Å². The van der Waals surface area contributed by atoms with Crippen LogP contribution in [-0.4, -0.2) is 59.9 Å². The molecule has 8 nitrogen and oxygen atoms in total. The number of ether oxygens (including phenoxy) is 1. The molecule has 21 heavy (non-hydrogen) atoms. The molecule has 2 heterocycles. The topological polar surface area (TPSA) is 102 Å². The minimum atomic E-state index is -3.62. The van der Waals surface area contributed by atoms with Crippen LogP contribution in [0.3, 0.4) is 0 Å². The van der Waals surface area contributed by atoms with E-state index in [1.54, 1.807) is 0 Å². The van der Waals surface area contributed by atoms with Gasteiger partial charge >= 0.3 is 5.97 Å². The summed E-state index contributed by atoms with van der Waals surface area (Å²) in [5.74, 6) is -0.953. The molecule has 1 unspecified atom stereocenters. The van der Waals surface area contributed by atoms with E-state index in [9.17, 15) is 13.2 Å².